The van der Waals surface area contributed by atoms with Gasteiger partial charge in [-0.05, 0) is 169 Å². The molecule has 114 heavy (non-hydrogen) atoms. The van der Waals surface area contributed by atoms with E-state index >= 15 is 0 Å². The van der Waals surface area contributed by atoms with Gasteiger partial charge in [0.05, 0.1) is 0 Å². The van der Waals surface area contributed by atoms with Crippen molar-refractivity contribution in [2.45, 2.75) is 0 Å². The molecule has 0 saturated heterocycles. The molecule has 0 amide bonds. The Hall–Kier alpha value is -14.4. The lowest BCUT2D eigenvalue weighted by molar-refractivity contribution is 0.670. The van der Waals surface area contributed by atoms with Gasteiger partial charge < -0.3 is 20.4 Å². The van der Waals surface area contributed by atoms with E-state index in [4.69, 9.17) is 4.42 Å². The van der Waals surface area contributed by atoms with E-state index in [0.717, 1.165) is 78.3 Å². The van der Waals surface area contributed by atoms with Gasteiger partial charge in [-0.15, -0.1) is 22.7 Å². The lowest BCUT2D eigenvalue weighted by atomic mass is 9.96. The summed E-state index contributed by atoms with van der Waals surface area (Å²) < 4.78 is 11.7. The fourth-order valence-electron chi connectivity index (χ4n) is 15.6. The van der Waals surface area contributed by atoms with E-state index in [1.165, 1.54) is 118 Å². The van der Waals surface area contributed by atoms with Crippen LogP contribution in [0.3, 0.4) is 0 Å². The van der Waals surface area contributed by atoms with Gasteiger partial charge in [-0.1, -0.05) is 346 Å². The normalized spacial score (nSPS) is 11.2. The molecule has 21 aromatic rings. The molecule has 0 radical (unpaired) electrons. The average molecular weight is 1490 g/mol. The van der Waals surface area contributed by atoms with Gasteiger partial charge >= 0.3 is 0 Å². The third-order valence-electron chi connectivity index (χ3n) is 21.2. The third-order valence-corrected chi connectivity index (χ3v) is 23.7. The van der Waals surface area contributed by atoms with Gasteiger partial charge in [0.2, 0.25) is 0 Å². The number of rotatable bonds is 15. The van der Waals surface area contributed by atoms with Crippen LogP contribution in [0.25, 0.3) is 162 Å². The molecule has 0 aliphatic carbocycles. The van der Waals surface area contributed by atoms with E-state index < -0.39 is 0 Å². The van der Waals surface area contributed by atoms with Crippen LogP contribution < -0.4 is 16.0 Å². The number of nitrogens with one attached hydrogen (secondary N) is 3. The number of furan rings is 1. The summed E-state index contributed by atoms with van der Waals surface area (Å²) in [5.41, 5.74) is 29.8. The van der Waals surface area contributed by atoms with Gasteiger partial charge in [0.25, 0.3) is 0 Å². The molecular weight excluding hydrogens is 1420 g/mol. The fourth-order valence-corrected chi connectivity index (χ4v) is 18.1. The zero-order valence-electron chi connectivity index (χ0n) is 62.3. The summed E-state index contributed by atoms with van der Waals surface area (Å²) in [5.74, 6) is 0. The van der Waals surface area contributed by atoms with Crippen molar-refractivity contribution in [2.24, 2.45) is 0 Å². The Morgan fingerprint density at radius 2 is 0.482 bits per heavy atom. The molecule has 0 saturated carbocycles. The van der Waals surface area contributed by atoms with E-state index in [2.05, 4.69) is 435 Å². The molecule has 0 bridgehead atoms. The Bertz CT molecular complexity index is 6680. The third kappa shape index (κ3) is 14.6. The van der Waals surface area contributed by atoms with E-state index in [1.807, 2.05) is 40.9 Å². The predicted octanol–water partition coefficient (Wildman–Crippen LogP) is 31.9. The van der Waals surface area contributed by atoms with E-state index in [-0.39, 0.29) is 0 Å². The van der Waals surface area contributed by atoms with Crippen LogP contribution in [0, 0.1) is 0 Å². The fraction of sp³-hybridized carbons (Fsp3) is 0. The van der Waals surface area contributed by atoms with Crippen LogP contribution in [0.15, 0.2) is 441 Å². The number of fused-ring (bicyclic) bond motifs is 9. The van der Waals surface area contributed by atoms with E-state index in [1.54, 1.807) is 0 Å². The first kappa shape index (κ1) is 70.0. The second-order valence-electron chi connectivity index (χ2n) is 28.4. The second-order valence-corrected chi connectivity index (χ2v) is 30.5. The van der Waals surface area contributed by atoms with E-state index in [0.29, 0.717) is 0 Å². The molecule has 21 rings (SSSR count). The molecule has 0 aliphatic rings. The maximum atomic E-state index is 6.34. The zero-order chi connectivity index (χ0) is 75.9. The van der Waals surface area contributed by atoms with Gasteiger partial charge in [-0.2, -0.15) is 0 Å². The van der Waals surface area contributed by atoms with Crippen molar-refractivity contribution < 1.29 is 4.42 Å². The molecule has 0 unspecified atom stereocenters. The van der Waals surface area contributed by atoms with Crippen LogP contribution in [0.4, 0.5) is 34.1 Å². The van der Waals surface area contributed by atoms with Crippen molar-refractivity contribution in [1.82, 2.24) is 0 Å². The Balaban J connectivity index is 0.000000115. The van der Waals surface area contributed by atoms with Crippen LogP contribution in [0.1, 0.15) is 0 Å². The quantitative estimate of drug-likeness (QED) is 0.0957. The van der Waals surface area contributed by atoms with Gasteiger partial charge in [-0.25, -0.2) is 0 Å². The van der Waals surface area contributed by atoms with Crippen molar-refractivity contribution >= 4 is 119 Å². The molecule has 540 valence electrons. The number of anilines is 6. The van der Waals surface area contributed by atoms with Gasteiger partial charge in [0.1, 0.15) is 11.2 Å². The summed E-state index contributed by atoms with van der Waals surface area (Å²) in [4.78, 5) is 0. The minimum Gasteiger partial charge on any atom is -0.455 e. The highest BCUT2D eigenvalue weighted by molar-refractivity contribution is 7.26. The largest absolute Gasteiger partial charge is 0.455 e. The first-order chi connectivity index (χ1) is 56.5. The summed E-state index contributed by atoms with van der Waals surface area (Å²) >= 11 is 3.75. The molecule has 4 nitrogen and oxygen atoms in total. The number of hydrogen-bond acceptors (Lipinski definition) is 6. The monoisotopic (exact) mass is 1490 g/mol. The summed E-state index contributed by atoms with van der Waals surface area (Å²) in [5, 5.41) is 18.7. The van der Waals surface area contributed by atoms with Gasteiger partial charge in [-0.3, -0.25) is 0 Å². The lowest BCUT2D eigenvalue weighted by Crippen LogP contribution is -1.95. The standard InChI is InChI=1S/C36H25NO.2C36H25NS/c1-3-10-25(11-4-1)26-18-21-29(22-19-26)37-34-23-20-28(24-33(34)27-12-5-2-6-13-27)30-15-9-16-32-31-14-7-8-17-35(31)38-36(30)32;1-3-11-25(12-4-1)27-15-9-16-29(23-27)37-34-22-21-28(24-33(34)26-13-5-2-6-14-26)30-18-10-19-32-31-17-7-8-20-35(31)38-36(30)32;1-3-10-25(11-4-1)26-18-21-29(22-19-26)37-34-23-20-28(24-33(34)27-12-5-2-6-13-27)30-15-9-16-32-31-14-7-8-17-35(31)38-36(30)32/h3*1-24,37H. The topological polar surface area (TPSA) is 49.2 Å². The molecule has 3 heterocycles. The molecule has 0 fully saturated rings. The molecule has 18 aromatic carbocycles. The smallest absolute Gasteiger partial charge is 0.143 e. The maximum absolute atomic E-state index is 6.34. The SMILES string of the molecule is c1ccc(-c2ccc(Nc3ccc(-c4cccc5c4oc4ccccc45)cc3-c3ccccc3)cc2)cc1.c1ccc(-c2ccc(Nc3ccc(-c4cccc5c4sc4ccccc45)cc3-c3ccccc3)cc2)cc1.c1ccc(-c2cccc(Nc3ccc(-c4cccc5c4sc4ccccc45)cc3-c3ccccc3)c2)cc1. The molecular formula is C108H75N3OS2. The summed E-state index contributed by atoms with van der Waals surface area (Å²) in [6.45, 7) is 0. The molecule has 6 heteroatoms. The number of benzene rings is 18. The number of para-hydroxylation sites is 2. The average Bonchev–Trinajstić information content (AvgIpc) is 1.62. The zero-order valence-corrected chi connectivity index (χ0v) is 63.9. The first-order valence-corrected chi connectivity index (χ1v) is 40.2. The van der Waals surface area contributed by atoms with Crippen molar-refractivity contribution in [3.8, 4) is 100 Å². The molecule has 0 aliphatic heterocycles. The van der Waals surface area contributed by atoms with Crippen LogP contribution in [0.2, 0.25) is 0 Å². The Kier molecular flexibility index (Phi) is 19.6. The van der Waals surface area contributed by atoms with Crippen LogP contribution in [-0.4, -0.2) is 0 Å². The van der Waals surface area contributed by atoms with Crippen LogP contribution in [0.5, 0.6) is 0 Å². The molecule has 3 aromatic heterocycles. The second kappa shape index (κ2) is 31.9. The highest BCUT2D eigenvalue weighted by Gasteiger charge is 2.19. The van der Waals surface area contributed by atoms with Crippen LogP contribution in [-0.2, 0) is 0 Å². The Labute approximate surface area is 671 Å². The number of hydrogen-bond donors (Lipinski definition) is 3. The minimum atomic E-state index is 0.912. The summed E-state index contributed by atoms with van der Waals surface area (Å²) in [7, 11) is 0. The highest BCUT2D eigenvalue weighted by atomic mass is 32.1. The lowest BCUT2D eigenvalue weighted by Gasteiger charge is -2.16. The molecule has 0 atom stereocenters. The summed E-state index contributed by atoms with van der Waals surface area (Å²) in [6.07, 6.45) is 0. The Morgan fingerprint density at radius 3 is 0.921 bits per heavy atom. The minimum absolute atomic E-state index is 0.912. The summed E-state index contributed by atoms with van der Waals surface area (Å²) in [6, 6.07) is 155. The molecule has 0 spiro atoms. The maximum Gasteiger partial charge on any atom is 0.143 e. The van der Waals surface area contributed by atoms with Crippen molar-refractivity contribution in [3.05, 3.63) is 437 Å². The van der Waals surface area contributed by atoms with Crippen molar-refractivity contribution in [1.29, 1.82) is 0 Å². The highest BCUT2D eigenvalue weighted by Crippen LogP contribution is 2.46. The Morgan fingerprint density at radius 1 is 0.175 bits per heavy atom. The first-order valence-electron chi connectivity index (χ1n) is 38.6. The number of thiophene rings is 2. The van der Waals surface area contributed by atoms with Crippen molar-refractivity contribution in [3.63, 3.8) is 0 Å². The van der Waals surface area contributed by atoms with Gasteiger partial charge in [0.15, 0.2) is 0 Å². The van der Waals surface area contributed by atoms with Crippen LogP contribution >= 0.6 is 22.7 Å². The van der Waals surface area contributed by atoms with Gasteiger partial charge in [0, 0.05) is 107 Å². The molecule has 3 N–H and O–H groups in total. The predicted molar refractivity (Wildman–Crippen MR) is 490 cm³/mol. The van der Waals surface area contributed by atoms with E-state index in [9.17, 15) is 0 Å². The van der Waals surface area contributed by atoms with Crippen molar-refractivity contribution in [2.75, 3.05) is 16.0 Å².